The topological polar surface area (TPSA) is 67.4 Å². The van der Waals surface area contributed by atoms with Crippen molar-refractivity contribution in [2.24, 2.45) is 0 Å². The Morgan fingerprint density at radius 3 is 2.14 bits per heavy atom. The summed E-state index contributed by atoms with van der Waals surface area (Å²) in [5.74, 6) is -0.615. The van der Waals surface area contributed by atoms with E-state index in [0.29, 0.717) is 0 Å². The molecule has 0 rings (SSSR count). The first kappa shape index (κ1) is 12.7. The molecule has 80 valence electrons. The predicted molar refractivity (Wildman–Crippen MR) is 51.5 cm³/mol. The van der Waals surface area contributed by atoms with Crippen LogP contribution < -0.4 is 10.6 Å². The van der Waals surface area contributed by atoms with Crippen LogP contribution in [0.5, 0.6) is 0 Å². The van der Waals surface area contributed by atoms with Gasteiger partial charge in [-0.1, -0.05) is 0 Å². The van der Waals surface area contributed by atoms with Gasteiger partial charge < -0.3 is 15.4 Å². The number of amides is 2. The van der Waals surface area contributed by atoms with Crippen LogP contribution in [-0.4, -0.2) is 30.7 Å². The van der Waals surface area contributed by atoms with Crippen LogP contribution in [-0.2, 0) is 9.53 Å². The first-order valence-corrected chi connectivity index (χ1v) is 4.31. The number of hydrogen-bond donors (Lipinski definition) is 2. The Kier molecular flexibility index (Phi) is 4.97. The van der Waals surface area contributed by atoms with Gasteiger partial charge in [0.25, 0.3) is 0 Å². The number of alkyl carbamates (subject to hydrolysis) is 1. The summed E-state index contributed by atoms with van der Waals surface area (Å²) >= 11 is 0. The summed E-state index contributed by atoms with van der Waals surface area (Å²) in [4.78, 5) is 21.3. The summed E-state index contributed by atoms with van der Waals surface area (Å²) in [7, 11) is 0. The zero-order valence-electron chi connectivity index (χ0n) is 8.72. The molecule has 0 saturated carbocycles. The number of carbonyl (C=O) groups is 2. The highest BCUT2D eigenvalue weighted by Crippen LogP contribution is 2.05. The first-order valence-electron chi connectivity index (χ1n) is 4.31. The Hall–Kier alpha value is -1.26. The maximum atomic E-state index is 11.0. The average Bonchev–Trinajstić information content (AvgIpc) is 1.94. The molecule has 0 aromatic carbocycles. The molecule has 0 fully saturated rings. The van der Waals surface area contributed by atoms with Crippen LogP contribution in [0.3, 0.4) is 0 Å². The zero-order valence-corrected chi connectivity index (χ0v) is 8.72. The third-order valence-electron chi connectivity index (χ3n) is 1.09. The van der Waals surface area contributed by atoms with E-state index in [-0.39, 0.29) is 13.1 Å². The first-order chi connectivity index (χ1) is 6.31. The Labute approximate surface area is 84.2 Å². The minimum absolute atomic E-state index is 0.286. The van der Waals surface area contributed by atoms with Crippen molar-refractivity contribution in [1.82, 2.24) is 10.6 Å². The van der Waals surface area contributed by atoms with Gasteiger partial charge in [0.05, 0.1) is 6.92 Å². The highest BCUT2D eigenvalue weighted by atomic mass is 16.6. The molecule has 0 aliphatic heterocycles. The van der Waals surface area contributed by atoms with Gasteiger partial charge in [-0.3, -0.25) is 4.79 Å². The monoisotopic (exact) mass is 200 g/mol. The summed E-state index contributed by atoms with van der Waals surface area (Å²) in [5.41, 5.74) is -0.513. The molecule has 2 radical (unpaired) electrons. The second-order valence-electron chi connectivity index (χ2n) is 3.72. The van der Waals surface area contributed by atoms with Crippen molar-refractivity contribution < 1.29 is 14.3 Å². The van der Waals surface area contributed by atoms with Gasteiger partial charge in [-0.2, -0.15) is 0 Å². The lowest BCUT2D eigenvalue weighted by Gasteiger charge is -2.19. The minimum atomic E-state index is -0.615. The molecule has 0 heterocycles. The molecule has 0 aliphatic rings. The van der Waals surface area contributed by atoms with Gasteiger partial charge in [0.2, 0.25) is 5.91 Å². The van der Waals surface area contributed by atoms with Crippen LogP contribution in [0.2, 0.25) is 0 Å². The molecule has 0 spiro atoms. The molecular weight excluding hydrogens is 184 g/mol. The Balaban J connectivity index is 3.50. The quantitative estimate of drug-likeness (QED) is 0.645. The molecule has 0 aromatic rings. The highest BCUT2D eigenvalue weighted by molar-refractivity contribution is 5.80. The van der Waals surface area contributed by atoms with Crippen LogP contribution in [0.15, 0.2) is 0 Å². The smallest absolute Gasteiger partial charge is 0.407 e. The maximum absolute atomic E-state index is 11.0. The van der Waals surface area contributed by atoms with Gasteiger partial charge in [-0.15, -0.1) is 0 Å². The number of carbonyl (C=O) groups excluding carboxylic acids is 2. The normalized spacial score (nSPS) is 10.6. The van der Waals surface area contributed by atoms with Gasteiger partial charge in [0.15, 0.2) is 0 Å². The van der Waals surface area contributed by atoms with Crippen LogP contribution in [0.25, 0.3) is 0 Å². The van der Waals surface area contributed by atoms with Crippen molar-refractivity contribution in [1.29, 1.82) is 0 Å². The Morgan fingerprint density at radius 2 is 1.71 bits per heavy atom. The zero-order chi connectivity index (χ0) is 11.2. The van der Waals surface area contributed by atoms with E-state index in [1.165, 1.54) is 0 Å². The molecule has 0 aromatic heterocycles. The lowest BCUT2D eigenvalue weighted by Crippen LogP contribution is -2.37. The number of hydrogen-bond acceptors (Lipinski definition) is 3. The molecular formula is C9H16N2O3. The lowest BCUT2D eigenvalue weighted by atomic mass is 10.2. The summed E-state index contributed by atoms with van der Waals surface area (Å²) in [6.07, 6.45) is -0.510. The third kappa shape index (κ3) is 8.83. The third-order valence-corrected chi connectivity index (χ3v) is 1.09. The number of ether oxygens (including phenoxy) is 1. The fourth-order valence-corrected chi connectivity index (χ4v) is 0.664. The summed E-state index contributed by atoms with van der Waals surface area (Å²) in [6.45, 7) is 10.7. The largest absolute Gasteiger partial charge is 0.444 e. The SMILES string of the molecule is [CH]C(=O)NCCNC(=O)OC(C)(C)C. The predicted octanol–water partition coefficient (Wildman–Crippen LogP) is 0.338. The fraction of sp³-hybridized carbons (Fsp3) is 0.667. The van der Waals surface area contributed by atoms with E-state index in [4.69, 9.17) is 11.7 Å². The van der Waals surface area contributed by atoms with E-state index in [2.05, 4.69) is 10.6 Å². The van der Waals surface area contributed by atoms with E-state index < -0.39 is 17.6 Å². The van der Waals surface area contributed by atoms with Crippen molar-refractivity contribution in [3.8, 4) is 0 Å². The summed E-state index contributed by atoms with van der Waals surface area (Å²) < 4.78 is 4.95. The lowest BCUT2D eigenvalue weighted by molar-refractivity contribution is -0.116. The molecule has 0 bridgehead atoms. The van der Waals surface area contributed by atoms with Crippen molar-refractivity contribution in [2.75, 3.05) is 13.1 Å². The van der Waals surface area contributed by atoms with Gasteiger partial charge >= 0.3 is 6.09 Å². The molecule has 2 N–H and O–H groups in total. The fourth-order valence-electron chi connectivity index (χ4n) is 0.664. The van der Waals surface area contributed by atoms with Crippen LogP contribution in [0.4, 0.5) is 4.79 Å². The van der Waals surface area contributed by atoms with Gasteiger partial charge in [0.1, 0.15) is 5.60 Å². The van der Waals surface area contributed by atoms with Crippen molar-refractivity contribution in [2.45, 2.75) is 26.4 Å². The molecule has 0 unspecified atom stereocenters. The Bertz CT molecular complexity index is 209. The Morgan fingerprint density at radius 1 is 1.21 bits per heavy atom. The van der Waals surface area contributed by atoms with Crippen molar-refractivity contribution in [3.63, 3.8) is 0 Å². The van der Waals surface area contributed by atoms with E-state index in [1.807, 2.05) is 0 Å². The molecule has 5 nitrogen and oxygen atoms in total. The molecule has 0 aliphatic carbocycles. The molecule has 2 amide bonds. The van der Waals surface area contributed by atoms with Gasteiger partial charge in [0, 0.05) is 13.1 Å². The van der Waals surface area contributed by atoms with Gasteiger partial charge in [-0.05, 0) is 20.8 Å². The van der Waals surface area contributed by atoms with E-state index >= 15 is 0 Å². The van der Waals surface area contributed by atoms with E-state index in [0.717, 1.165) is 0 Å². The average molecular weight is 200 g/mol. The molecule has 5 heteroatoms. The second kappa shape index (κ2) is 5.47. The number of nitrogens with one attached hydrogen (secondary N) is 2. The van der Waals surface area contributed by atoms with Gasteiger partial charge in [-0.25, -0.2) is 4.79 Å². The molecule has 0 atom stereocenters. The van der Waals surface area contributed by atoms with Crippen LogP contribution in [0.1, 0.15) is 20.8 Å². The van der Waals surface area contributed by atoms with Crippen LogP contribution in [0, 0.1) is 6.92 Å². The maximum Gasteiger partial charge on any atom is 0.407 e. The van der Waals surface area contributed by atoms with Crippen molar-refractivity contribution in [3.05, 3.63) is 6.92 Å². The van der Waals surface area contributed by atoms with E-state index in [9.17, 15) is 9.59 Å². The summed E-state index contributed by atoms with van der Waals surface area (Å²) in [5, 5.41) is 4.80. The molecule has 0 saturated heterocycles. The molecule has 14 heavy (non-hydrogen) atoms. The minimum Gasteiger partial charge on any atom is -0.444 e. The second-order valence-corrected chi connectivity index (χ2v) is 3.72. The highest BCUT2D eigenvalue weighted by Gasteiger charge is 2.15. The van der Waals surface area contributed by atoms with E-state index in [1.54, 1.807) is 20.8 Å². The standard InChI is InChI=1S/C9H16N2O3/c1-7(12)10-5-6-11-8(13)14-9(2,3)4/h1H,5-6H2,2-4H3,(H,10,12)(H,11,13). The summed E-state index contributed by atoms with van der Waals surface area (Å²) in [6, 6.07) is 0. The van der Waals surface area contributed by atoms with Crippen LogP contribution >= 0.6 is 0 Å². The van der Waals surface area contributed by atoms with Crippen molar-refractivity contribution >= 4 is 12.0 Å². The number of rotatable bonds is 3.